The zero-order valence-electron chi connectivity index (χ0n) is 13.3. The van der Waals surface area contributed by atoms with E-state index in [0.29, 0.717) is 5.41 Å². The topological polar surface area (TPSA) is 0 Å². The summed E-state index contributed by atoms with van der Waals surface area (Å²) in [6.07, 6.45) is 8.61. The molecule has 0 saturated carbocycles. The summed E-state index contributed by atoms with van der Waals surface area (Å²) in [5.41, 5.74) is 6.82. The van der Waals surface area contributed by atoms with Gasteiger partial charge < -0.3 is 0 Å². The monoisotopic (exact) mass is 422 g/mol. The average Bonchev–Trinajstić information content (AvgIpc) is 2.85. The molecule has 0 radical (unpaired) electrons. The van der Waals surface area contributed by atoms with Crippen LogP contribution >= 0.6 is 0 Å². The first-order valence-corrected chi connectivity index (χ1v) is 11.0. The number of hydrogen-bond acceptors (Lipinski definition) is 0. The van der Waals surface area contributed by atoms with Crippen LogP contribution in [0.2, 0.25) is 0 Å². The summed E-state index contributed by atoms with van der Waals surface area (Å²) in [6, 6.07) is 0. The van der Waals surface area contributed by atoms with Gasteiger partial charge in [0.15, 0.2) is 0 Å². The standard InChI is InChI=1S/C10H15.C8H11.Hf/c1-7-6-10(4,5)9(3)8(7)2;1-2-5-8-6-3-4-7-8;/h1-5H3;3,6H,2,4-5H2,1H3;. The fraction of sp³-hybridized carbons (Fsp3) is 0.556. The zero-order valence-corrected chi connectivity index (χ0v) is 16.9. The van der Waals surface area contributed by atoms with Crippen LogP contribution in [-0.2, 0) is 22.9 Å². The normalized spacial score (nSPS) is 22.0. The van der Waals surface area contributed by atoms with E-state index in [4.69, 9.17) is 0 Å². The Morgan fingerprint density at radius 1 is 1.16 bits per heavy atom. The molecule has 0 unspecified atom stereocenters. The second kappa shape index (κ2) is 5.68. The van der Waals surface area contributed by atoms with Gasteiger partial charge >= 0.3 is 130 Å². The van der Waals surface area contributed by atoms with Crippen LogP contribution in [0.4, 0.5) is 0 Å². The Hall–Kier alpha value is -0.170. The Bertz CT molecular complexity index is 510. The van der Waals surface area contributed by atoms with Gasteiger partial charge in [-0.2, -0.15) is 0 Å². The molecule has 19 heavy (non-hydrogen) atoms. The second-order valence-corrected chi connectivity index (χ2v) is 11.2. The van der Waals surface area contributed by atoms with Crippen molar-refractivity contribution >= 4 is 0 Å². The van der Waals surface area contributed by atoms with E-state index in [1.54, 1.807) is 22.3 Å². The minimum absolute atomic E-state index is 0.337. The van der Waals surface area contributed by atoms with Gasteiger partial charge in [-0.25, -0.2) is 0 Å². The van der Waals surface area contributed by atoms with Crippen LogP contribution in [0.25, 0.3) is 0 Å². The molecule has 0 amide bonds. The van der Waals surface area contributed by atoms with Gasteiger partial charge in [-0.15, -0.1) is 0 Å². The first-order chi connectivity index (χ1) is 8.89. The average molecular weight is 421 g/mol. The van der Waals surface area contributed by atoms with Crippen molar-refractivity contribution in [1.82, 2.24) is 0 Å². The van der Waals surface area contributed by atoms with Crippen LogP contribution in [-0.4, -0.2) is 0 Å². The molecule has 0 spiro atoms. The number of rotatable bonds is 4. The molecule has 102 valence electrons. The summed E-state index contributed by atoms with van der Waals surface area (Å²) in [5, 5.41) is 0. The van der Waals surface area contributed by atoms with Crippen molar-refractivity contribution in [3.63, 3.8) is 0 Å². The summed E-state index contributed by atoms with van der Waals surface area (Å²) < 4.78 is 3.70. The summed E-state index contributed by atoms with van der Waals surface area (Å²) >= 11 is -0.840. The molecule has 0 bridgehead atoms. The van der Waals surface area contributed by atoms with E-state index in [2.05, 4.69) is 53.7 Å². The third-order valence-corrected chi connectivity index (χ3v) is 12.3. The number of hydrogen-bond donors (Lipinski definition) is 0. The maximum absolute atomic E-state index is 2.44. The van der Waals surface area contributed by atoms with Crippen LogP contribution in [0.15, 0.2) is 41.1 Å². The fourth-order valence-corrected chi connectivity index (χ4v) is 9.52. The summed E-state index contributed by atoms with van der Waals surface area (Å²) in [5.74, 6) is 0. The van der Waals surface area contributed by atoms with E-state index >= 15 is 0 Å². The molecule has 1 heteroatoms. The quantitative estimate of drug-likeness (QED) is 0.509. The molecule has 2 aliphatic rings. The first-order valence-electron chi connectivity index (χ1n) is 7.44. The summed E-state index contributed by atoms with van der Waals surface area (Å²) in [6.45, 7) is 14.2. The van der Waals surface area contributed by atoms with Crippen LogP contribution in [0.1, 0.15) is 60.8 Å². The van der Waals surface area contributed by atoms with E-state index < -0.39 is 22.9 Å². The van der Waals surface area contributed by atoms with Gasteiger partial charge in [-0.3, -0.25) is 0 Å². The molecule has 0 atom stereocenters. The molecule has 0 aliphatic heterocycles. The molecule has 0 N–H and O–H groups in total. The van der Waals surface area contributed by atoms with Crippen molar-refractivity contribution in [3.8, 4) is 0 Å². The molecule has 0 fully saturated rings. The van der Waals surface area contributed by atoms with E-state index in [-0.39, 0.29) is 0 Å². The minimum atomic E-state index is -0.840. The predicted octanol–water partition coefficient (Wildman–Crippen LogP) is 5.73. The van der Waals surface area contributed by atoms with Gasteiger partial charge in [0.05, 0.1) is 0 Å². The van der Waals surface area contributed by atoms with Crippen molar-refractivity contribution in [1.29, 1.82) is 0 Å². The Balaban J connectivity index is 2.29. The molecule has 0 aromatic carbocycles. The summed E-state index contributed by atoms with van der Waals surface area (Å²) in [7, 11) is 0. The van der Waals surface area contributed by atoms with E-state index in [9.17, 15) is 0 Å². The molecule has 0 aromatic heterocycles. The molecular weight excluding hydrogens is 395 g/mol. The predicted molar refractivity (Wildman–Crippen MR) is 80.5 cm³/mol. The molecule has 2 aliphatic carbocycles. The Morgan fingerprint density at radius 2 is 1.84 bits per heavy atom. The van der Waals surface area contributed by atoms with Crippen LogP contribution in [0.3, 0.4) is 0 Å². The van der Waals surface area contributed by atoms with E-state index in [0.717, 1.165) is 0 Å². The Kier molecular flexibility index (Phi) is 4.55. The van der Waals surface area contributed by atoms with Crippen molar-refractivity contribution < 1.29 is 22.9 Å². The SMILES string of the molecule is CCCC1=[C]([Hf][C]2=C(C)C(C)=C(C)C2(C)C)CC=C1. The molecule has 0 heterocycles. The van der Waals surface area contributed by atoms with Crippen LogP contribution < -0.4 is 0 Å². The van der Waals surface area contributed by atoms with Gasteiger partial charge in [0.1, 0.15) is 0 Å². The van der Waals surface area contributed by atoms with E-state index in [1.165, 1.54) is 19.3 Å². The molecule has 0 nitrogen and oxygen atoms in total. The number of allylic oxidation sites excluding steroid dienone is 8. The van der Waals surface area contributed by atoms with Crippen molar-refractivity contribution in [3.05, 3.63) is 41.1 Å². The van der Waals surface area contributed by atoms with Crippen molar-refractivity contribution in [2.45, 2.75) is 60.8 Å². The molecule has 0 saturated heterocycles. The van der Waals surface area contributed by atoms with Gasteiger partial charge in [0, 0.05) is 0 Å². The van der Waals surface area contributed by atoms with Crippen LogP contribution in [0, 0.1) is 5.41 Å². The van der Waals surface area contributed by atoms with Crippen LogP contribution in [0.5, 0.6) is 0 Å². The summed E-state index contributed by atoms with van der Waals surface area (Å²) in [4.78, 5) is 0. The maximum atomic E-state index is 2.44. The molecule has 2 rings (SSSR count). The first kappa shape index (κ1) is 15.2. The zero-order chi connectivity index (χ0) is 14.2. The van der Waals surface area contributed by atoms with Crippen molar-refractivity contribution in [2.24, 2.45) is 5.41 Å². The van der Waals surface area contributed by atoms with Gasteiger partial charge in [0.25, 0.3) is 0 Å². The Morgan fingerprint density at radius 3 is 2.37 bits per heavy atom. The second-order valence-electron chi connectivity index (χ2n) is 6.36. The van der Waals surface area contributed by atoms with E-state index in [1.807, 2.05) is 6.66 Å². The Labute approximate surface area is 130 Å². The third kappa shape index (κ3) is 2.68. The van der Waals surface area contributed by atoms with Gasteiger partial charge in [0.2, 0.25) is 0 Å². The molecule has 0 aromatic rings. The van der Waals surface area contributed by atoms with Gasteiger partial charge in [-0.1, -0.05) is 0 Å². The van der Waals surface area contributed by atoms with Crippen molar-refractivity contribution in [2.75, 3.05) is 0 Å². The van der Waals surface area contributed by atoms with Gasteiger partial charge in [-0.05, 0) is 0 Å². The fourth-order valence-electron chi connectivity index (χ4n) is 3.18. The third-order valence-electron chi connectivity index (χ3n) is 4.89. The molecular formula is C18H26Hf.